The van der Waals surface area contributed by atoms with Gasteiger partial charge in [0, 0.05) is 11.4 Å². The molecular formula is C17H17ClO2. The van der Waals surface area contributed by atoms with Crippen molar-refractivity contribution in [3.05, 3.63) is 64.2 Å². The number of hydrogen-bond donors (Lipinski definition) is 0. The van der Waals surface area contributed by atoms with E-state index in [1.54, 1.807) is 0 Å². The lowest BCUT2D eigenvalue weighted by Gasteiger charge is -2.07. The molecule has 2 nitrogen and oxygen atoms in total. The second-order valence-electron chi connectivity index (χ2n) is 4.85. The van der Waals surface area contributed by atoms with E-state index in [1.165, 1.54) is 5.56 Å². The normalized spacial score (nSPS) is 10.3. The highest BCUT2D eigenvalue weighted by Gasteiger charge is 2.06. The average Bonchev–Trinajstić information content (AvgIpc) is 2.41. The molecule has 20 heavy (non-hydrogen) atoms. The van der Waals surface area contributed by atoms with E-state index >= 15 is 0 Å². The van der Waals surface area contributed by atoms with E-state index in [1.807, 2.05) is 56.3 Å². The zero-order valence-electron chi connectivity index (χ0n) is 11.7. The Morgan fingerprint density at radius 2 is 1.90 bits per heavy atom. The van der Waals surface area contributed by atoms with E-state index in [-0.39, 0.29) is 5.97 Å². The van der Waals surface area contributed by atoms with Crippen molar-refractivity contribution in [2.24, 2.45) is 0 Å². The first-order chi connectivity index (χ1) is 9.54. The van der Waals surface area contributed by atoms with E-state index in [2.05, 4.69) is 0 Å². The fourth-order valence-corrected chi connectivity index (χ4v) is 2.11. The van der Waals surface area contributed by atoms with Crippen LogP contribution in [0.2, 0.25) is 5.02 Å². The summed E-state index contributed by atoms with van der Waals surface area (Å²) in [5.41, 5.74) is 3.34. The van der Waals surface area contributed by atoms with Crippen LogP contribution in [0.4, 0.5) is 0 Å². The van der Waals surface area contributed by atoms with Crippen LogP contribution >= 0.6 is 11.6 Å². The fraction of sp³-hybridized carbons (Fsp3) is 0.235. The number of esters is 1. The summed E-state index contributed by atoms with van der Waals surface area (Å²) in [5, 5.41) is 0.685. The Hall–Kier alpha value is -1.80. The van der Waals surface area contributed by atoms with Crippen LogP contribution in [0.3, 0.4) is 0 Å². The predicted octanol–water partition coefficient (Wildman–Crippen LogP) is 4.50. The van der Waals surface area contributed by atoms with Crippen molar-refractivity contribution in [2.75, 3.05) is 0 Å². The smallest absolute Gasteiger partial charge is 0.311 e. The Labute approximate surface area is 124 Å². The first-order valence-corrected chi connectivity index (χ1v) is 6.95. The van der Waals surface area contributed by atoms with Gasteiger partial charge in [-0.25, -0.2) is 0 Å². The Balaban J connectivity index is 1.91. The Kier molecular flexibility index (Phi) is 4.80. The molecule has 0 saturated heterocycles. The molecule has 2 aromatic carbocycles. The Morgan fingerprint density at radius 1 is 1.10 bits per heavy atom. The summed E-state index contributed by atoms with van der Waals surface area (Å²) < 4.78 is 5.33. The van der Waals surface area contributed by atoms with Crippen molar-refractivity contribution in [1.29, 1.82) is 0 Å². The van der Waals surface area contributed by atoms with Gasteiger partial charge >= 0.3 is 5.97 Å². The largest absolute Gasteiger partial charge is 0.427 e. The minimum atomic E-state index is -0.228. The van der Waals surface area contributed by atoms with Crippen molar-refractivity contribution in [2.45, 2.75) is 26.7 Å². The summed E-state index contributed by atoms with van der Waals surface area (Å²) in [6.07, 6.45) is 0.970. The molecule has 0 atom stereocenters. The molecule has 3 heteroatoms. The summed E-state index contributed by atoms with van der Waals surface area (Å²) in [4.78, 5) is 11.8. The maximum absolute atomic E-state index is 11.8. The van der Waals surface area contributed by atoms with Crippen LogP contribution in [-0.4, -0.2) is 5.97 Å². The van der Waals surface area contributed by atoms with Gasteiger partial charge in [0.1, 0.15) is 5.75 Å². The minimum Gasteiger partial charge on any atom is -0.427 e. The summed E-state index contributed by atoms with van der Waals surface area (Å²) in [6.45, 7) is 4.03. The number of benzene rings is 2. The molecule has 0 heterocycles. The number of carbonyl (C=O) groups excluding carboxylic acids is 1. The van der Waals surface area contributed by atoms with Crippen LogP contribution in [0.5, 0.6) is 5.75 Å². The zero-order valence-corrected chi connectivity index (χ0v) is 12.4. The van der Waals surface area contributed by atoms with Gasteiger partial charge in [0.2, 0.25) is 0 Å². The standard InChI is InChI=1S/C17H17ClO2/c1-12-6-8-16(10-13(12)2)20-17(19)9-7-14-4-3-5-15(18)11-14/h3-6,8,10-11H,7,9H2,1-2H3. The van der Waals surface area contributed by atoms with Gasteiger partial charge in [0.05, 0.1) is 0 Å². The lowest BCUT2D eigenvalue weighted by molar-refractivity contribution is -0.134. The van der Waals surface area contributed by atoms with Gasteiger partial charge in [-0.15, -0.1) is 0 Å². The SMILES string of the molecule is Cc1ccc(OC(=O)CCc2cccc(Cl)c2)cc1C. The molecule has 0 unspecified atom stereocenters. The van der Waals surface area contributed by atoms with Crippen molar-refractivity contribution >= 4 is 17.6 Å². The van der Waals surface area contributed by atoms with E-state index in [4.69, 9.17) is 16.3 Å². The monoisotopic (exact) mass is 288 g/mol. The van der Waals surface area contributed by atoms with Crippen molar-refractivity contribution < 1.29 is 9.53 Å². The molecule has 0 spiro atoms. The summed E-state index contributed by atoms with van der Waals surface area (Å²) in [7, 11) is 0. The fourth-order valence-electron chi connectivity index (χ4n) is 1.90. The van der Waals surface area contributed by atoms with Gasteiger partial charge in [0.15, 0.2) is 0 Å². The number of hydrogen-bond acceptors (Lipinski definition) is 2. The number of ether oxygens (including phenoxy) is 1. The molecule has 0 aliphatic heterocycles. The third kappa shape index (κ3) is 4.10. The molecule has 104 valence electrons. The summed E-state index contributed by atoms with van der Waals surface area (Å²) >= 11 is 5.91. The number of halogens is 1. The number of aryl methyl sites for hydroxylation is 3. The quantitative estimate of drug-likeness (QED) is 0.612. The lowest BCUT2D eigenvalue weighted by atomic mass is 10.1. The molecule has 0 aliphatic rings. The highest BCUT2D eigenvalue weighted by atomic mass is 35.5. The molecule has 0 aromatic heterocycles. The van der Waals surface area contributed by atoms with Crippen LogP contribution in [0.25, 0.3) is 0 Å². The van der Waals surface area contributed by atoms with E-state index < -0.39 is 0 Å². The van der Waals surface area contributed by atoms with Crippen LogP contribution < -0.4 is 4.74 Å². The number of carbonyl (C=O) groups is 1. The molecule has 0 radical (unpaired) electrons. The first-order valence-electron chi connectivity index (χ1n) is 6.57. The third-order valence-corrected chi connectivity index (χ3v) is 3.45. The van der Waals surface area contributed by atoms with Crippen LogP contribution in [0.1, 0.15) is 23.1 Å². The van der Waals surface area contributed by atoms with E-state index in [0.717, 1.165) is 11.1 Å². The summed E-state index contributed by atoms with van der Waals surface area (Å²) in [5.74, 6) is 0.373. The van der Waals surface area contributed by atoms with Gasteiger partial charge in [-0.1, -0.05) is 29.8 Å². The molecule has 0 N–H and O–H groups in total. The molecule has 0 saturated carbocycles. The second kappa shape index (κ2) is 6.58. The van der Waals surface area contributed by atoms with Crippen molar-refractivity contribution in [3.8, 4) is 5.75 Å². The molecular weight excluding hydrogens is 272 g/mol. The predicted molar refractivity (Wildman–Crippen MR) is 81.3 cm³/mol. The van der Waals surface area contributed by atoms with Crippen LogP contribution in [-0.2, 0) is 11.2 Å². The summed E-state index contributed by atoms with van der Waals surface area (Å²) in [6, 6.07) is 13.2. The number of rotatable bonds is 4. The lowest BCUT2D eigenvalue weighted by Crippen LogP contribution is -2.09. The first kappa shape index (κ1) is 14.6. The Bertz CT molecular complexity index is 620. The van der Waals surface area contributed by atoms with Gasteiger partial charge < -0.3 is 4.74 Å². The third-order valence-electron chi connectivity index (χ3n) is 3.22. The zero-order chi connectivity index (χ0) is 14.5. The van der Waals surface area contributed by atoms with Gasteiger partial charge in [0.25, 0.3) is 0 Å². The minimum absolute atomic E-state index is 0.228. The van der Waals surface area contributed by atoms with Crippen molar-refractivity contribution in [3.63, 3.8) is 0 Å². The molecule has 0 amide bonds. The van der Waals surface area contributed by atoms with Gasteiger partial charge in [-0.2, -0.15) is 0 Å². The van der Waals surface area contributed by atoms with Crippen LogP contribution in [0, 0.1) is 13.8 Å². The molecule has 0 aliphatic carbocycles. The molecule has 2 rings (SSSR count). The highest BCUT2D eigenvalue weighted by Crippen LogP contribution is 2.17. The second-order valence-corrected chi connectivity index (χ2v) is 5.29. The van der Waals surface area contributed by atoms with E-state index in [9.17, 15) is 4.79 Å². The maximum Gasteiger partial charge on any atom is 0.311 e. The maximum atomic E-state index is 11.8. The topological polar surface area (TPSA) is 26.3 Å². The van der Waals surface area contributed by atoms with Crippen molar-refractivity contribution in [1.82, 2.24) is 0 Å². The van der Waals surface area contributed by atoms with Gasteiger partial charge in [-0.05, 0) is 61.2 Å². The van der Waals surface area contributed by atoms with Crippen LogP contribution in [0.15, 0.2) is 42.5 Å². The molecule has 0 bridgehead atoms. The molecule has 0 fully saturated rings. The highest BCUT2D eigenvalue weighted by molar-refractivity contribution is 6.30. The Morgan fingerprint density at radius 3 is 2.60 bits per heavy atom. The average molecular weight is 289 g/mol. The molecule has 2 aromatic rings. The van der Waals surface area contributed by atoms with Gasteiger partial charge in [-0.3, -0.25) is 4.79 Å². The van der Waals surface area contributed by atoms with E-state index in [0.29, 0.717) is 23.6 Å².